The van der Waals surface area contributed by atoms with Crippen LogP contribution >= 0.6 is 0 Å². The van der Waals surface area contributed by atoms with E-state index in [2.05, 4.69) is 26.6 Å². The van der Waals surface area contributed by atoms with Crippen LogP contribution in [0.2, 0.25) is 0 Å². The molecule has 0 saturated carbocycles. The van der Waals surface area contributed by atoms with E-state index in [9.17, 15) is 5.26 Å². The molecule has 122 valence electrons. The standard InChI is InChI=1S/C20H12N6/c21-11-13-1-3-18(15(9-13)12-22)24-16-2-4-19-17(10-16)20(26-25-19)14-5-7-23-8-6-14/h1-10,24H,(H,25,26). The van der Waals surface area contributed by atoms with Gasteiger partial charge in [0, 0.05) is 29.0 Å². The van der Waals surface area contributed by atoms with Crippen LogP contribution in [0.25, 0.3) is 22.2 Å². The number of hydrogen-bond acceptors (Lipinski definition) is 5. The summed E-state index contributed by atoms with van der Waals surface area (Å²) in [6.07, 6.45) is 3.46. The molecule has 6 nitrogen and oxygen atoms in total. The summed E-state index contributed by atoms with van der Waals surface area (Å²) in [7, 11) is 0. The molecule has 0 saturated heterocycles. The highest BCUT2D eigenvalue weighted by Crippen LogP contribution is 2.30. The number of fused-ring (bicyclic) bond motifs is 1. The molecule has 0 radical (unpaired) electrons. The lowest BCUT2D eigenvalue weighted by atomic mass is 10.1. The van der Waals surface area contributed by atoms with Crippen LogP contribution in [-0.4, -0.2) is 15.2 Å². The van der Waals surface area contributed by atoms with Gasteiger partial charge >= 0.3 is 0 Å². The van der Waals surface area contributed by atoms with Gasteiger partial charge in [0.25, 0.3) is 0 Å². The Balaban J connectivity index is 1.75. The molecule has 6 heteroatoms. The molecule has 0 aliphatic heterocycles. The van der Waals surface area contributed by atoms with Gasteiger partial charge in [-0.1, -0.05) is 0 Å². The summed E-state index contributed by atoms with van der Waals surface area (Å²) in [5.74, 6) is 0. The Kier molecular flexibility index (Phi) is 3.78. The monoisotopic (exact) mass is 336 g/mol. The number of aromatic nitrogens is 3. The van der Waals surface area contributed by atoms with Crippen molar-refractivity contribution in [1.29, 1.82) is 10.5 Å². The van der Waals surface area contributed by atoms with Gasteiger partial charge in [0.05, 0.1) is 28.4 Å². The Labute approximate surface area is 149 Å². The highest BCUT2D eigenvalue weighted by molar-refractivity contribution is 5.95. The molecule has 0 bridgehead atoms. The first-order valence-electron chi connectivity index (χ1n) is 7.88. The third kappa shape index (κ3) is 2.72. The molecular weight excluding hydrogens is 324 g/mol. The second-order valence-electron chi connectivity index (χ2n) is 5.68. The number of rotatable bonds is 3. The normalized spacial score (nSPS) is 10.2. The van der Waals surface area contributed by atoms with E-state index in [-0.39, 0.29) is 0 Å². The zero-order valence-electron chi connectivity index (χ0n) is 13.6. The van der Waals surface area contributed by atoms with Crippen LogP contribution < -0.4 is 5.32 Å². The SMILES string of the molecule is N#Cc1ccc(Nc2ccc3[nH]nc(-c4ccncc4)c3c2)c(C#N)c1. The van der Waals surface area contributed by atoms with E-state index in [1.54, 1.807) is 30.6 Å². The van der Waals surface area contributed by atoms with E-state index in [0.29, 0.717) is 16.8 Å². The predicted octanol–water partition coefficient (Wildman–Crippen LogP) is 4.11. The van der Waals surface area contributed by atoms with Gasteiger partial charge < -0.3 is 5.32 Å². The number of anilines is 2. The molecule has 0 aliphatic rings. The molecule has 4 rings (SSSR count). The molecule has 2 aromatic carbocycles. The van der Waals surface area contributed by atoms with Crippen LogP contribution in [0.4, 0.5) is 11.4 Å². The molecule has 26 heavy (non-hydrogen) atoms. The highest BCUT2D eigenvalue weighted by Gasteiger charge is 2.10. The Bertz CT molecular complexity index is 1180. The van der Waals surface area contributed by atoms with Crippen molar-refractivity contribution >= 4 is 22.3 Å². The van der Waals surface area contributed by atoms with Crippen molar-refractivity contribution in [2.75, 3.05) is 5.32 Å². The first-order valence-corrected chi connectivity index (χ1v) is 7.88. The number of nitrogens with zero attached hydrogens (tertiary/aromatic N) is 4. The first kappa shape index (κ1) is 15.4. The second kappa shape index (κ2) is 6.39. The van der Waals surface area contributed by atoms with Crippen molar-refractivity contribution in [3.8, 4) is 23.4 Å². The summed E-state index contributed by atoms with van der Waals surface area (Å²) < 4.78 is 0. The van der Waals surface area contributed by atoms with Crippen molar-refractivity contribution in [2.24, 2.45) is 0 Å². The molecule has 2 N–H and O–H groups in total. The van der Waals surface area contributed by atoms with E-state index >= 15 is 0 Å². The van der Waals surface area contributed by atoms with Gasteiger partial charge in [-0.15, -0.1) is 0 Å². The van der Waals surface area contributed by atoms with E-state index < -0.39 is 0 Å². The number of aromatic amines is 1. The van der Waals surface area contributed by atoms with E-state index in [0.717, 1.165) is 27.8 Å². The molecule has 2 aromatic heterocycles. The van der Waals surface area contributed by atoms with Crippen molar-refractivity contribution in [3.05, 3.63) is 72.1 Å². The Morgan fingerprint density at radius 2 is 1.77 bits per heavy atom. The number of nitrogens with one attached hydrogen (secondary N) is 2. The van der Waals surface area contributed by atoms with Crippen LogP contribution in [0.3, 0.4) is 0 Å². The molecular formula is C20H12N6. The maximum Gasteiger partial charge on any atom is 0.101 e. The van der Waals surface area contributed by atoms with Gasteiger partial charge in [-0.2, -0.15) is 15.6 Å². The number of nitriles is 2. The van der Waals surface area contributed by atoms with Gasteiger partial charge in [-0.25, -0.2) is 0 Å². The Morgan fingerprint density at radius 1 is 0.923 bits per heavy atom. The Morgan fingerprint density at radius 3 is 2.54 bits per heavy atom. The van der Waals surface area contributed by atoms with Crippen LogP contribution in [0.5, 0.6) is 0 Å². The maximum absolute atomic E-state index is 9.33. The fraction of sp³-hybridized carbons (Fsp3) is 0. The third-order valence-corrected chi connectivity index (χ3v) is 4.06. The van der Waals surface area contributed by atoms with Gasteiger partial charge in [0.15, 0.2) is 0 Å². The van der Waals surface area contributed by atoms with Gasteiger partial charge in [-0.05, 0) is 48.5 Å². The first-order chi connectivity index (χ1) is 12.8. The summed E-state index contributed by atoms with van der Waals surface area (Å²) in [5.41, 5.74) is 5.09. The van der Waals surface area contributed by atoms with Crippen molar-refractivity contribution < 1.29 is 0 Å². The maximum atomic E-state index is 9.33. The van der Waals surface area contributed by atoms with Crippen LogP contribution in [0.15, 0.2) is 60.9 Å². The molecule has 0 spiro atoms. The van der Waals surface area contributed by atoms with Crippen LogP contribution in [0.1, 0.15) is 11.1 Å². The highest BCUT2D eigenvalue weighted by atomic mass is 15.1. The quantitative estimate of drug-likeness (QED) is 0.586. The van der Waals surface area contributed by atoms with Crippen molar-refractivity contribution in [3.63, 3.8) is 0 Å². The number of benzene rings is 2. The van der Waals surface area contributed by atoms with Crippen molar-refractivity contribution in [2.45, 2.75) is 0 Å². The molecule has 0 unspecified atom stereocenters. The lowest BCUT2D eigenvalue weighted by molar-refractivity contribution is 1.12. The van der Waals surface area contributed by atoms with E-state index in [1.165, 1.54) is 0 Å². The van der Waals surface area contributed by atoms with Gasteiger partial charge in [0.2, 0.25) is 0 Å². The zero-order valence-corrected chi connectivity index (χ0v) is 13.6. The summed E-state index contributed by atoms with van der Waals surface area (Å²) >= 11 is 0. The minimum absolute atomic E-state index is 0.422. The molecule has 0 amide bonds. The Hall–Kier alpha value is -4.16. The molecule has 2 heterocycles. The van der Waals surface area contributed by atoms with Crippen molar-refractivity contribution in [1.82, 2.24) is 15.2 Å². The largest absolute Gasteiger partial charge is 0.354 e. The smallest absolute Gasteiger partial charge is 0.101 e. The summed E-state index contributed by atoms with van der Waals surface area (Å²) in [6, 6.07) is 18.8. The van der Waals surface area contributed by atoms with E-state index in [1.807, 2.05) is 36.4 Å². The number of hydrogen-bond donors (Lipinski definition) is 2. The fourth-order valence-electron chi connectivity index (χ4n) is 2.79. The lowest BCUT2D eigenvalue weighted by Gasteiger charge is -2.09. The molecule has 0 fully saturated rings. The zero-order chi connectivity index (χ0) is 17.9. The fourth-order valence-corrected chi connectivity index (χ4v) is 2.79. The average molecular weight is 336 g/mol. The minimum Gasteiger partial charge on any atom is -0.354 e. The molecule has 4 aromatic rings. The third-order valence-electron chi connectivity index (χ3n) is 4.06. The minimum atomic E-state index is 0.422. The van der Waals surface area contributed by atoms with Gasteiger partial charge in [0.1, 0.15) is 11.8 Å². The van der Waals surface area contributed by atoms with E-state index in [4.69, 9.17) is 5.26 Å². The summed E-state index contributed by atoms with van der Waals surface area (Å²) in [4.78, 5) is 4.04. The number of pyridine rings is 1. The topological polar surface area (TPSA) is 101 Å². The number of H-pyrrole nitrogens is 1. The summed E-state index contributed by atoms with van der Waals surface area (Å²) in [6.45, 7) is 0. The summed E-state index contributed by atoms with van der Waals surface area (Å²) in [5, 5.41) is 30.0. The predicted molar refractivity (Wildman–Crippen MR) is 98.5 cm³/mol. The van der Waals surface area contributed by atoms with Crippen LogP contribution in [0, 0.1) is 22.7 Å². The second-order valence-corrected chi connectivity index (χ2v) is 5.68. The molecule has 0 aliphatic carbocycles. The molecule has 0 atom stereocenters. The van der Waals surface area contributed by atoms with Gasteiger partial charge in [-0.3, -0.25) is 10.1 Å². The average Bonchev–Trinajstić information content (AvgIpc) is 3.12. The lowest BCUT2D eigenvalue weighted by Crippen LogP contribution is -1.94. The van der Waals surface area contributed by atoms with Crippen LogP contribution in [-0.2, 0) is 0 Å².